The van der Waals surface area contributed by atoms with Gasteiger partial charge in [0, 0.05) is 31.0 Å². The van der Waals surface area contributed by atoms with Gasteiger partial charge in [-0.05, 0) is 38.2 Å². The summed E-state index contributed by atoms with van der Waals surface area (Å²) in [4.78, 5) is 20.7. The van der Waals surface area contributed by atoms with Crippen molar-refractivity contribution in [2.45, 2.75) is 32.1 Å². The highest BCUT2D eigenvalue weighted by Crippen LogP contribution is 2.46. The second-order valence-electron chi connectivity index (χ2n) is 6.49. The van der Waals surface area contributed by atoms with Gasteiger partial charge in [-0.2, -0.15) is 5.26 Å². The van der Waals surface area contributed by atoms with Crippen LogP contribution in [0, 0.1) is 16.7 Å². The zero-order valence-corrected chi connectivity index (χ0v) is 14.1. The number of hydrazine groups is 1. The van der Waals surface area contributed by atoms with Crippen molar-refractivity contribution in [1.29, 1.82) is 5.26 Å². The van der Waals surface area contributed by atoms with Crippen molar-refractivity contribution in [3.63, 3.8) is 0 Å². The number of carbonyl (C=O) groups excluding carboxylic acids is 1. The summed E-state index contributed by atoms with van der Waals surface area (Å²) in [6.07, 6.45) is 9.75. The predicted octanol–water partition coefficient (Wildman–Crippen LogP) is 1.42. The Morgan fingerprint density at radius 1 is 1.36 bits per heavy atom. The van der Waals surface area contributed by atoms with Gasteiger partial charge in [0.05, 0.1) is 11.8 Å². The van der Waals surface area contributed by atoms with Gasteiger partial charge < -0.3 is 15.6 Å². The molecule has 1 aliphatic carbocycles. The highest BCUT2D eigenvalue weighted by molar-refractivity contribution is 5.88. The van der Waals surface area contributed by atoms with Crippen LogP contribution in [-0.2, 0) is 4.79 Å². The summed E-state index contributed by atoms with van der Waals surface area (Å²) < 4.78 is 0. The van der Waals surface area contributed by atoms with Crippen LogP contribution in [-0.4, -0.2) is 40.2 Å². The quantitative estimate of drug-likeness (QED) is 0.666. The SMILES string of the molecule is N#CC1(C(=O)N2CCCCC2)CC1.N/C=C1/c2cc[nH]c2N=CN1N. The van der Waals surface area contributed by atoms with E-state index in [0.29, 0.717) is 0 Å². The van der Waals surface area contributed by atoms with Crippen molar-refractivity contribution < 1.29 is 4.79 Å². The summed E-state index contributed by atoms with van der Waals surface area (Å²) >= 11 is 0. The number of fused-ring (bicyclic) bond motifs is 1. The molecule has 0 unspecified atom stereocenters. The fourth-order valence-electron chi connectivity index (χ4n) is 3.07. The second kappa shape index (κ2) is 6.99. The number of nitrogens with zero attached hydrogens (tertiary/aromatic N) is 4. The molecule has 8 heteroatoms. The lowest BCUT2D eigenvalue weighted by atomic mass is 10.0. The maximum Gasteiger partial charge on any atom is 0.243 e. The van der Waals surface area contributed by atoms with Crippen LogP contribution in [0.5, 0.6) is 0 Å². The number of aromatic amines is 1. The van der Waals surface area contributed by atoms with Crippen LogP contribution in [0.3, 0.4) is 0 Å². The molecule has 0 bridgehead atoms. The van der Waals surface area contributed by atoms with E-state index in [1.807, 2.05) is 11.0 Å². The van der Waals surface area contributed by atoms with Gasteiger partial charge in [0.15, 0.2) is 0 Å². The zero-order chi connectivity index (χ0) is 17.9. The molecule has 0 atom stereocenters. The number of H-pyrrole nitrogens is 1. The van der Waals surface area contributed by atoms with Crippen LogP contribution < -0.4 is 11.6 Å². The number of nitrogens with two attached hydrogens (primary N) is 2. The number of hydrogen-bond acceptors (Lipinski definition) is 6. The van der Waals surface area contributed by atoms with Crippen molar-refractivity contribution >= 4 is 23.8 Å². The third kappa shape index (κ3) is 3.37. The first kappa shape index (κ1) is 17.0. The molecule has 3 aliphatic rings. The number of likely N-dealkylation sites (tertiary alicyclic amines) is 1. The Balaban J connectivity index is 0.000000146. The topological polar surface area (TPSA) is 128 Å². The standard InChI is InChI=1S/C10H14N2O.C7H9N5/c11-8-10(4-5-10)9(13)12-6-2-1-3-7-12;8-3-6-5-1-2-10-7(5)11-4-12(6)9/h1-7H2;1-4,10H,8-9H2/b;6-3-. The molecule has 2 aliphatic heterocycles. The summed E-state index contributed by atoms with van der Waals surface area (Å²) in [5.74, 6) is 6.46. The number of carbonyl (C=O) groups is 1. The van der Waals surface area contributed by atoms with E-state index >= 15 is 0 Å². The Hall–Kier alpha value is -2.79. The van der Waals surface area contributed by atoms with Gasteiger partial charge in [-0.15, -0.1) is 0 Å². The van der Waals surface area contributed by atoms with Gasteiger partial charge in [0.2, 0.25) is 5.91 Å². The second-order valence-corrected chi connectivity index (χ2v) is 6.49. The van der Waals surface area contributed by atoms with Gasteiger partial charge >= 0.3 is 0 Å². The van der Waals surface area contributed by atoms with E-state index < -0.39 is 5.41 Å². The molecule has 2 fully saturated rings. The van der Waals surface area contributed by atoms with Gasteiger partial charge in [0.25, 0.3) is 0 Å². The molecule has 8 nitrogen and oxygen atoms in total. The van der Waals surface area contributed by atoms with E-state index in [1.165, 1.54) is 24.0 Å². The van der Waals surface area contributed by atoms with E-state index in [9.17, 15) is 4.79 Å². The zero-order valence-electron chi connectivity index (χ0n) is 14.1. The molecule has 3 heterocycles. The molecule has 0 radical (unpaired) electrons. The molecule has 1 amide bonds. The van der Waals surface area contributed by atoms with Gasteiger partial charge in [-0.25, -0.2) is 10.8 Å². The average Bonchev–Trinajstić information content (AvgIpc) is 3.32. The molecular formula is C17H23N7O. The molecule has 1 aromatic heterocycles. The smallest absolute Gasteiger partial charge is 0.243 e. The number of hydrogen-bond donors (Lipinski definition) is 3. The lowest BCUT2D eigenvalue weighted by Gasteiger charge is -2.28. The van der Waals surface area contributed by atoms with Crippen LogP contribution in [0.1, 0.15) is 37.7 Å². The summed E-state index contributed by atoms with van der Waals surface area (Å²) in [6, 6.07) is 4.04. The van der Waals surface area contributed by atoms with E-state index in [-0.39, 0.29) is 5.91 Å². The van der Waals surface area contributed by atoms with Crippen molar-refractivity contribution in [2.24, 2.45) is 22.0 Å². The number of aliphatic imine (C=N–C) groups is 1. The van der Waals surface area contributed by atoms with Gasteiger partial charge in [0.1, 0.15) is 17.6 Å². The lowest BCUT2D eigenvalue weighted by molar-refractivity contribution is -0.135. The molecule has 1 aromatic rings. The minimum atomic E-state index is -0.600. The maximum absolute atomic E-state index is 11.8. The Labute approximate surface area is 146 Å². The molecule has 25 heavy (non-hydrogen) atoms. The number of piperidine rings is 1. The number of amides is 1. The predicted molar refractivity (Wildman–Crippen MR) is 94.8 cm³/mol. The Morgan fingerprint density at radius 2 is 2.08 bits per heavy atom. The molecule has 4 rings (SSSR count). The Morgan fingerprint density at radius 3 is 2.68 bits per heavy atom. The average molecular weight is 341 g/mol. The van der Waals surface area contributed by atoms with E-state index in [4.69, 9.17) is 16.8 Å². The fourth-order valence-corrected chi connectivity index (χ4v) is 3.07. The first-order valence-electron chi connectivity index (χ1n) is 8.50. The fraction of sp³-hybridized carbons (Fsp3) is 0.471. The van der Waals surface area contributed by atoms with Crippen LogP contribution in [0.15, 0.2) is 23.5 Å². The molecular weight excluding hydrogens is 318 g/mol. The monoisotopic (exact) mass is 341 g/mol. The first-order chi connectivity index (χ1) is 12.1. The van der Waals surface area contributed by atoms with Crippen molar-refractivity contribution in [1.82, 2.24) is 14.9 Å². The molecule has 132 valence electrons. The third-order valence-electron chi connectivity index (χ3n) is 4.77. The number of nitrogens with one attached hydrogen (secondary N) is 1. The molecule has 5 N–H and O–H groups in total. The van der Waals surface area contributed by atoms with Crippen LogP contribution in [0.4, 0.5) is 5.82 Å². The largest absolute Gasteiger partial charge is 0.403 e. The molecule has 1 saturated heterocycles. The Kier molecular flexibility index (Phi) is 4.76. The number of rotatable bonds is 1. The molecule has 0 spiro atoms. The summed E-state index contributed by atoms with van der Waals surface area (Å²) in [5.41, 5.74) is 6.48. The minimum Gasteiger partial charge on any atom is -0.403 e. The summed E-state index contributed by atoms with van der Waals surface area (Å²) in [6.45, 7) is 1.73. The highest BCUT2D eigenvalue weighted by Gasteiger charge is 2.52. The molecule has 0 aromatic carbocycles. The molecule has 1 saturated carbocycles. The minimum absolute atomic E-state index is 0.0923. The maximum atomic E-state index is 11.8. The van der Waals surface area contributed by atoms with Crippen LogP contribution in [0.25, 0.3) is 5.70 Å². The van der Waals surface area contributed by atoms with Gasteiger partial charge in [-0.3, -0.25) is 9.80 Å². The van der Waals surface area contributed by atoms with Crippen LogP contribution >= 0.6 is 0 Å². The third-order valence-corrected chi connectivity index (χ3v) is 4.77. The van der Waals surface area contributed by atoms with E-state index in [2.05, 4.69) is 16.0 Å². The normalized spacial score (nSPS) is 21.8. The summed E-state index contributed by atoms with van der Waals surface area (Å²) in [7, 11) is 0. The highest BCUT2D eigenvalue weighted by atomic mass is 16.2. The number of nitriles is 1. The Bertz CT molecular complexity index is 732. The van der Waals surface area contributed by atoms with E-state index in [0.717, 1.165) is 55.9 Å². The van der Waals surface area contributed by atoms with Gasteiger partial charge in [-0.1, -0.05) is 0 Å². The number of aromatic nitrogens is 1. The van der Waals surface area contributed by atoms with Crippen molar-refractivity contribution in [3.05, 3.63) is 24.0 Å². The lowest BCUT2D eigenvalue weighted by Crippen LogP contribution is -2.40. The van der Waals surface area contributed by atoms with Crippen molar-refractivity contribution in [3.8, 4) is 6.07 Å². The summed E-state index contributed by atoms with van der Waals surface area (Å²) in [5, 5.41) is 10.2. The van der Waals surface area contributed by atoms with E-state index in [1.54, 1.807) is 6.20 Å². The first-order valence-corrected chi connectivity index (χ1v) is 8.50. The van der Waals surface area contributed by atoms with Crippen molar-refractivity contribution in [2.75, 3.05) is 13.1 Å². The van der Waals surface area contributed by atoms with Crippen LogP contribution in [0.2, 0.25) is 0 Å².